The number of nitrogens with two attached hydrogens (primary N) is 1. The summed E-state index contributed by atoms with van der Waals surface area (Å²) in [6, 6.07) is 13.8. The fourth-order valence-electron chi connectivity index (χ4n) is 3.50. The van der Waals surface area contributed by atoms with Crippen LogP contribution >= 0.6 is 34.5 Å². The second kappa shape index (κ2) is 7.84. The lowest BCUT2D eigenvalue weighted by atomic mass is 9.93. The van der Waals surface area contributed by atoms with Crippen molar-refractivity contribution >= 4 is 62.0 Å². The van der Waals surface area contributed by atoms with Crippen LogP contribution in [0.1, 0.15) is 38.2 Å². The number of ketones is 2. The lowest BCUT2D eigenvalue weighted by molar-refractivity contribution is 0.101. The van der Waals surface area contributed by atoms with E-state index in [4.69, 9.17) is 28.9 Å². The number of aryl methyl sites for hydroxylation is 1. The van der Waals surface area contributed by atoms with Crippen LogP contribution in [0.15, 0.2) is 48.5 Å². The maximum atomic E-state index is 13.1. The van der Waals surface area contributed by atoms with E-state index in [2.05, 4.69) is 4.98 Å². The minimum Gasteiger partial charge on any atom is -0.397 e. The van der Waals surface area contributed by atoms with Gasteiger partial charge in [0.05, 0.1) is 11.4 Å². The van der Waals surface area contributed by atoms with Gasteiger partial charge in [-0.3, -0.25) is 9.59 Å². The maximum Gasteiger partial charge on any atom is 0.205 e. The van der Waals surface area contributed by atoms with Crippen molar-refractivity contribution in [2.75, 3.05) is 5.73 Å². The Morgan fingerprint density at radius 2 is 1.53 bits per heavy atom. The molecule has 150 valence electrons. The zero-order valence-corrected chi connectivity index (χ0v) is 18.5. The highest BCUT2D eigenvalue weighted by atomic mass is 35.5. The van der Waals surface area contributed by atoms with Crippen LogP contribution in [0.2, 0.25) is 10.0 Å². The van der Waals surface area contributed by atoms with Gasteiger partial charge in [-0.2, -0.15) is 0 Å². The first kappa shape index (κ1) is 20.5. The first-order valence-corrected chi connectivity index (χ1v) is 10.6. The number of hydrogen-bond donors (Lipinski definition) is 1. The van der Waals surface area contributed by atoms with Crippen LogP contribution in [0, 0.1) is 6.92 Å². The molecule has 0 unspecified atom stereocenters. The second-order valence-electron chi connectivity index (χ2n) is 6.87. The summed E-state index contributed by atoms with van der Waals surface area (Å²) in [6.07, 6.45) is 0. The Morgan fingerprint density at radius 1 is 0.967 bits per heavy atom. The first-order chi connectivity index (χ1) is 14.3. The Kier molecular flexibility index (Phi) is 5.36. The van der Waals surface area contributed by atoms with E-state index >= 15 is 0 Å². The number of anilines is 1. The van der Waals surface area contributed by atoms with Gasteiger partial charge >= 0.3 is 0 Å². The molecule has 0 spiro atoms. The molecule has 0 radical (unpaired) electrons. The van der Waals surface area contributed by atoms with Crippen molar-refractivity contribution in [2.24, 2.45) is 0 Å². The van der Waals surface area contributed by atoms with Gasteiger partial charge in [0.25, 0.3) is 0 Å². The molecule has 0 aliphatic carbocycles. The number of halogens is 2. The van der Waals surface area contributed by atoms with Crippen LogP contribution in [-0.2, 0) is 0 Å². The van der Waals surface area contributed by atoms with Crippen LogP contribution in [0.3, 0.4) is 0 Å². The summed E-state index contributed by atoms with van der Waals surface area (Å²) in [7, 11) is 0. The minimum absolute atomic E-state index is 0.122. The molecule has 2 N–H and O–H groups in total. The standard InChI is InChI=1S/C23H16Cl2N2O2S/c1-11-17(12(2)28)18(13-3-7-15(24)8-4-13)19-20(26)22(30-23(19)27-11)21(29)14-5-9-16(25)10-6-14/h3-10H,26H2,1-2H3. The number of nitrogens with zero attached hydrogens (tertiary/aromatic N) is 1. The van der Waals surface area contributed by atoms with E-state index in [1.54, 1.807) is 43.3 Å². The molecule has 0 saturated heterocycles. The Bertz CT molecular complexity index is 1310. The monoisotopic (exact) mass is 454 g/mol. The summed E-state index contributed by atoms with van der Waals surface area (Å²) in [5.74, 6) is -0.334. The third kappa shape index (κ3) is 3.49. The molecule has 2 aromatic heterocycles. The average Bonchev–Trinajstić information content (AvgIpc) is 3.03. The molecule has 2 aromatic carbocycles. The summed E-state index contributed by atoms with van der Waals surface area (Å²) < 4.78 is 0. The summed E-state index contributed by atoms with van der Waals surface area (Å²) in [5.41, 5.74) is 9.81. The lowest BCUT2D eigenvalue weighted by Crippen LogP contribution is -2.04. The van der Waals surface area contributed by atoms with Crippen molar-refractivity contribution in [1.82, 2.24) is 4.98 Å². The number of carbonyl (C=O) groups excluding carboxylic acids is 2. The minimum atomic E-state index is -0.212. The van der Waals surface area contributed by atoms with Gasteiger partial charge in [0, 0.05) is 32.1 Å². The molecular formula is C23H16Cl2N2O2S. The summed E-state index contributed by atoms with van der Waals surface area (Å²) in [6.45, 7) is 3.28. The Labute approximate surface area is 187 Å². The van der Waals surface area contributed by atoms with Gasteiger partial charge in [0.1, 0.15) is 9.71 Å². The van der Waals surface area contributed by atoms with Crippen molar-refractivity contribution in [3.8, 4) is 11.1 Å². The largest absolute Gasteiger partial charge is 0.397 e. The van der Waals surface area contributed by atoms with E-state index in [1.807, 2.05) is 12.1 Å². The number of carbonyl (C=O) groups is 2. The van der Waals surface area contributed by atoms with Crippen LogP contribution < -0.4 is 5.73 Å². The van der Waals surface area contributed by atoms with Crippen molar-refractivity contribution in [2.45, 2.75) is 13.8 Å². The molecule has 4 nitrogen and oxygen atoms in total. The number of fused-ring (bicyclic) bond motifs is 1. The van der Waals surface area contributed by atoms with Crippen molar-refractivity contribution in [3.63, 3.8) is 0 Å². The number of benzene rings is 2. The predicted octanol–water partition coefficient (Wildman–Crippen LogP) is 6.59. The molecule has 30 heavy (non-hydrogen) atoms. The molecule has 0 amide bonds. The van der Waals surface area contributed by atoms with Crippen molar-refractivity contribution < 1.29 is 9.59 Å². The van der Waals surface area contributed by atoms with E-state index in [1.165, 1.54) is 18.3 Å². The topological polar surface area (TPSA) is 73.0 Å². The Morgan fingerprint density at radius 3 is 2.10 bits per heavy atom. The maximum absolute atomic E-state index is 13.1. The molecule has 0 atom stereocenters. The van der Waals surface area contributed by atoms with Gasteiger partial charge in [-0.15, -0.1) is 11.3 Å². The molecule has 0 aliphatic rings. The predicted molar refractivity (Wildman–Crippen MR) is 124 cm³/mol. The number of nitrogen functional groups attached to an aromatic ring is 1. The molecule has 0 aliphatic heterocycles. The number of Topliss-reactive ketones (excluding diaryl/α,β-unsaturated/α-hetero) is 1. The zero-order chi connectivity index (χ0) is 21.6. The highest BCUT2D eigenvalue weighted by molar-refractivity contribution is 7.21. The number of rotatable bonds is 4. The van der Waals surface area contributed by atoms with Crippen LogP contribution in [-0.4, -0.2) is 16.6 Å². The molecule has 0 saturated carbocycles. The molecule has 0 bridgehead atoms. The third-order valence-electron chi connectivity index (χ3n) is 4.86. The third-order valence-corrected chi connectivity index (χ3v) is 6.46. The van der Waals surface area contributed by atoms with Crippen molar-refractivity contribution in [1.29, 1.82) is 0 Å². The van der Waals surface area contributed by atoms with Gasteiger partial charge in [-0.1, -0.05) is 35.3 Å². The summed E-state index contributed by atoms with van der Waals surface area (Å²) >= 11 is 13.2. The average molecular weight is 455 g/mol. The van der Waals surface area contributed by atoms with E-state index in [0.29, 0.717) is 53.2 Å². The van der Waals surface area contributed by atoms with Gasteiger partial charge in [-0.05, 0) is 55.8 Å². The number of pyridine rings is 1. The first-order valence-electron chi connectivity index (χ1n) is 9.07. The van der Waals surface area contributed by atoms with E-state index in [9.17, 15) is 9.59 Å². The van der Waals surface area contributed by atoms with Gasteiger partial charge in [0.15, 0.2) is 5.78 Å². The fraction of sp³-hybridized carbons (Fsp3) is 0.0870. The van der Waals surface area contributed by atoms with E-state index in [0.717, 1.165) is 5.56 Å². The number of hydrogen-bond acceptors (Lipinski definition) is 5. The normalized spacial score (nSPS) is 11.1. The van der Waals surface area contributed by atoms with Crippen LogP contribution in [0.5, 0.6) is 0 Å². The summed E-state index contributed by atoms with van der Waals surface area (Å²) in [4.78, 5) is 31.2. The number of thiophene rings is 1. The molecular weight excluding hydrogens is 439 g/mol. The quantitative estimate of drug-likeness (QED) is 0.352. The van der Waals surface area contributed by atoms with Gasteiger partial charge in [0.2, 0.25) is 5.78 Å². The Balaban J connectivity index is 2.02. The highest BCUT2D eigenvalue weighted by Crippen LogP contribution is 2.43. The molecule has 4 rings (SSSR count). The molecule has 4 aromatic rings. The molecule has 0 fully saturated rings. The van der Waals surface area contributed by atoms with Crippen LogP contribution in [0.4, 0.5) is 5.69 Å². The molecule has 2 heterocycles. The zero-order valence-electron chi connectivity index (χ0n) is 16.1. The van der Waals surface area contributed by atoms with E-state index < -0.39 is 0 Å². The van der Waals surface area contributed by atoms with Crippen molar-refractivity contribution in [3.05, 3.63) is 80.3 Å². The smallest absolute Gasteiger partial charge is 0.205 e. The van der Waals surface area contributed by atoms with E-state index in [-0.39, 0.29) is 11.6 Å². The Hall–Kier alpha value is -2.73. The van der Waals surface area contributed by atoms with Gasteiger partial charge < -0.3 is 5.73 Å². The van der Waals surface area contributed by atoms with Crippen LogP contribution in [0.25, 0.3) is 21.3 Å². The molecule has 7 heteroatoms. The SMILES string of the molecule is CC(=O)c1c(C)nc2sc(C(=O)c3ccc(Cl)cc3)c(N)c2c1-c1ccc(Cl)cc1. The lowest BCUT2D eigenvalue weighted by Gasteiger charge is -2.13. The second-order valence-corrected chi connectivity index (χ2v) is 8.74. The number of aromatic nitrogens is 1. The highest BCUT2D eigenvalue weighted by Gasteiger charge is 2.25. The van der Waals surface area contributed by atoms with Gasteiger partial charge in [-0.25, -0.2) is 4.98 Å². The fourth-order valence-corrected chi connectivity index (χ4v) is 4.87. The summed E-state index contributed by atoms with van der Waals surface area (Å²) in [5, 5.41) is 1.74.